The first-order valence-corrected chi connectivity index (χ1v) is 8.06. The van der Waals surface area contributed by atoms with E-state index in [1.54, 1.807) is 10.7 Å². The van der Waals surface area contributed by atoms with E-state index in [2.05, 4.69) is 20.4 Å². The average Bonchev–Trinajstić information content (AvgIpc) is 3.05. The summed E-state index contributed by atoms with van der Waals surface area (Å²) >= 11 is 11.9. The third-order valence-corrected chi connectivity index (χ3v) is 4.17. The quantitative estimate of drug-likeness (QED) is 0.552. The summed E-state index contributed by atoms with van der Waals surface area (Å²) in [5.74, 6) is 0. The molecule has 0 bridgehead atoms. The van der Waals surface area contributed by atoms with Crippen molar-refractivity contribution in [2.45, 2.75) is 6.54 Å². The molecule has 0 amide bonds. The number of pyridine rings is 1. The fourth-order valence-electron chi connectivity index (χ4n) is 2.43. The molecule has 0 radical (unpaired) electrons. The van der Waals surface area contributed by atoms with Crippen LogP contribution in [-0.4, -0.2) is 29.8 Å². The van der Waals surface area contributed by atoms with Crippen molar-refractivity contribution in [3.05, 3.63) is 74.9 Å². The maximum absolute atomic E-state index is 12.7. The highest BCUT2D eigenvalue weighted by atomic mass is 35.5. The Balaban J connectivity index is 1.78. The van der Waals surface area contributed by atoms with Gasteiger partial charge in [0.25, 0.3) is 5.56 Å². The molecule has 0 unspecified atom stereocenters. The summed E-state index contributed by atoms with van der Waals surface area (Å²) in [7, 11) is 0. The summed E-state index contributed by atoms with van der Waals surface area (Å²) in [6.07, 6.45) is 2.94. The summed E-state index contributed by atoms with van der Waals surface area (Å²) in [4.78, 5) is 16.8. The van der Waals surface area contributed by atoms with Crippen LogP contribution in [0.4, 0.5) is 0 Å². The third-order valence-electron chi connectivity index (χ3n) is 3.64. The molecule has 0 atom stereocenters. The molecule has 0 spiro atoms. The van der Waals surface area contributed by atoms with Crippen LogP contribution >= 0.6 is 23.2 Å². The SMILES string of the molecule is O=c1c2cnn(-c3ccccc3)c2nnn1Cc1ncc(Cl)cc1Cl. The zero-order valence-electron chi connectivity index (χ0n) is 12.7. The zero-order valence-corrected chi connectivity index (χ0v) is 14.2. The van der Waals surface area contributed by atoms with Crippen molar-refractivity contribution in [3.63, 3.8) is 0 Å². The highest BCUT2D eigenvalue weighted by molar-refractivity contribution is 6.34. The molecule has 0 aliphatic carbocycles. The van der Waals surface area contributed by atoms with Gasteiger partial charge in [-0.25, -0.2) is 9.36 Å². The predicted octanol–water partition coefficient (Wildman–Crippen LogP) is 2.73. The van der Waals surface area contributed by atoms with E-state index in [9.17, 15) is 4.79 Å². The van der Waals surface area contributed by atoms with Crippen LogP contribution in [0.15, 0.2) is 53.6 Å². The zero-order chi connectivity index (χ0) is 17.4. The van der Waals surface area contributed by atoms with Crippen LogP contribution in [0.2, 0.25) is 10.0 Å². The molecular formula is C16H10Cl2N6O. The molecule has 9 heteroatoms. The summed E-state index contributed by atoms with van der Waals surface area (Å²) in [6.45, 7) is 0.0916. The smallest absolute Gasteiger partial charge is 0.267 e. The van der Waals surface area contributed by atoms with Crippen LogP contribution in [0.5, 0.6) is 0 Å². The monoisotopic (exact) mass is 372 g/mol. The normalized spacial score (nSPS) is 11.1. The van der Waals surface area contributed by atoms with Crippen LogP contribution in [0, 0.1) is 0 Å². The first-order chi connectivity index (χ1) is 12.1. The van der Waals surface area contributed by atoms with Crippen LogP contribution < -0.4 is 5.56 Å². The van der Waals surface area contributed by atoms with E-state index in [0.717, 1.165) is 5.69 Å². The molecule has 4 aromatic rings. The second-order valence-electron chi connectivity index (χ2n) is 5.26. The lowest BCUT2D eigenvalue weighted by atomic mass is 10.3. The van der Waals surface area contributed by atoms with Gasteiger partial charge in [0.1, 0.15) is 5.39 Å². The molecule has 0 aliphatic rings. The van der Waals surface area contributed by atoms with Crippen molar-refractivity contribution in [2.24, 2.45) is 0 Å². The van der Waals surface area contributed by atoms with Gasteiger partial charge in [-0.2, -0.15) is 5.10 Å². The van der Waals surface area contributed by atoms with Crippen molar-refractivity contribution in [1.82, 2.24) is 29.8 Å². The standard InChI is InChI=1S/C16H10Cl2N6O/c17-10-6-13(18)14(19-7-10)9-23-16(25)12-8-20-24(15(12)21-22-23)11-4-2-1-3-5-11/h1-8H,9H2. The molecule has 0 saturated heterocycles. The van der Waals surface area contributed by atoms with Gasteiger partial charge in [-0.15, -0.1) is 5.10 Å². The molecule has 124 valence electrons. The minimum absolute atomic E-state index is 0.0916. The molecule has 7 nitrogen and oxygen atoms in total. The molecule has 4 rings (SSSR count). The van der Waals surface area contributed by atoms with E-state index in [1.807, 2.05) is 30.3 Å². The molecular weight excluding hydrogens is 363 g/mol. The second-order valence-corrected chi connectivity index (χ2v) is 6.11. The molecule has 0 saturated carbocycles. The number of para-hydroxylation sites is 1. The lowest BCUT2D eigenvalue weighted by molar-refractivity contribution is 0.589. The Morgan fingerprint density at radius 3 is 2.64 bits per heavy atom. The first kappa shape index (κ1) is 15.7. The summed E-state index contributed by atoms with van der Waals surface area (Å²) in [5, 5.41) is 13.5. The number of aromatic nitrogens is 6. The van der Waals surface area contributed by atoms with E-state index in [-0.39, 0.29) is 12.1 Å². The second kappa shape index (κ2) is 6.27. The van der Waals surface area contributed by atoms with Gasteiger partial charge in [-0.05, 0) is 18.2 Å². The Morgan fingerprint density at radius 1 is 1.08 bits per heavy atom. The van der Waals surface area contributed by atoms with Gasteiger partial charge in [-0.1, -0.05) is 46.6 Å². The topological polar surface area (TPSA) is 78.5 Å². The predicted molar refractivity (Wildman–Crippen MR) is 94.3 cm³/mol. The number of benzene rings is 1. The van der Waals surface area contributed by atoms with Gasteiger partial charge in [0, 0.05) is 6.20 Å². The van der Waals surface area contributed by atoms with Gasteiger partial charge in [-0.3, -0.25) is 9.78 Å². The van der Waals surface area contributed by atoms with Gasteiger partial charge >= 0.3 is 0 Å². The Labute approximate surface area is 151 Å². The molecule has 0 N–H and O–H groups in total. The van der Waals surface area contributed by atoms with E-state index < -0.39 is 0 Å². The fourth-order valence-corrected chi connectivity index (χ4v) is 2.87. The number of rotatable bonds is 3. The molecule has 0 aliphatic heterocycles. The number of halogens is 2. The Morgan fingerprint density at radius 2 is 1.88 bits per heavy atom. The Hall–Kier alpha value is -2.77. The van der Waals surface area contributed by atoms with E-state index >= 15 is 0 Å². The van der Waals surface area contributed by atoms with E-state index in [1.165, 1.54) is 17.1 Å². The summed E-state index contributed by atoms with van der Waals surface area (Å²) in [5.41, 5.74) is 1.35. The minimum atomic E-state index is -0.319. The maximum atomic E-state index is 12.7. The number of fused-ring (bicyclic) bond motifs is 1. The van der Waals surface area contributed by atoms with Crippen molar-refractivity contribution >= 4 is 34.2 Å². The Kier molecular flexibility index (Phi) is 3.95. The highest BCUT2D eigenvalue weighted by Crippen LogP contribution is 2.19. The lowest BCUT2D eigenvalue weighted by Gasteiger charge is -2.06. The van der Waals surface area contributed by atoms with Gasteiger partial charge in [0.15, 0.2) is 5.65 Å². The average molecular weight is 373 g/mol. The van der Waals surface area contributed by atoms with Crippen LogP contribution in [0.3, 0.4) is 0 Å². The molecule has 0 fully saturated rings. The lowest BCUT2D eigenvalue weighted by Crippen LogP contribution is -2.25. The van der Waals surface area contributed by atoms with E-state index in [0.29, 0.717) is 26.8 Å². The van der Waals surface area contributed by atoms with Gasteiger partial charge in [0.2, 0.25) is 0 Å². The van der Waals surface area contributed by atoms with Crippen LogP contribution in [0.25, 0.3) is 16.7 Å². The van der Waals surface area contributed by atoms with Gasteiger partial charge in [0.05, 0.1) is 34.2 Å². The number of nitrogens with zero attached hydrogens (tertiary/aromatic N) is 6. The highest BCUT2D eigenvalue weighted by Gasteiger charge is 2.14. The van der Waals surface area contributed by atoms with Crippen LogP contribution in [-0.2, 0) is 6.54 Å². The van der Waals surface area contributed by atoms with Crippen molar-refractivity contribution in [1.29, 1.82) is 0 Å². The van der Waals surface area contributed by atoms with Crippen molar-refractivity contribution in [2.75, 3.05) is 0 Å². The fraction of sp³-hybridized carbons (Fsp3) is 0.0625. The largest absolute Gasteiger partial charge is 0.281 e. The molecule has 3 aromatic heterocycles. The maximum Gasteiger partial charge on any atom is 0.281 e. The third kappa shape index (κ3) is 2.88. The Bertz CT molecular complexity index is 1120. The molecule has 25 heavy (non-hydrogen) atoms. The summed E-state index contributed by atoms with van der Waals surface area (Å²) < 4.78 is 2.77. The van der Waals surface area contributed by atoms with E-state index in [4.69, 9.17) is 23.2 Å². The summed E-state index contributed by atoms with van der Waals surface area (Å²) in [6, 6.07) is 11.0. The van der Waals surface area contributed by atoms with Crippen molar-refractivity contribution < 1.29 is 0 Å². The number of hydrogen-bond acceptors (Lipinski definition) is 5. The van der Waals surface area contributed by atoms with Crippen molar-refractivity contribution in [3.8, 4) is 5.69 Å². The molecule has 3 heterocycles. The number of hydrogen-bond donors (Lipinski definition) is 0. The van der Waals surface area contributed by atoms with Crippen LogP contribution in [0.1, 0.15) is 5.69 Å². The minimum Gasteiger partial charge on any atom is -0.267 e. The first-order valence-electron chi connectivity index (χ1n) is 7.30. The molecule has 1 aromatic carbocycles. The van der Waals surface area contributed by atoms with Gasteiger partial charge < -0.3 is 0 Å².